The van der Waals surface area contributed by atoms with Crippen molar-refractivity contribution in [1.82, 2.24) is 5.32 Å². The van der Waals surface area contributed by atoms with Crippen LogP contribution in [0.1, 0.15) is 32.3 Å². The zero-order valence-electron chi connectivity index (χ0n) is 11.8. The number of amides is 1. The minimum atomic E-state index is -0.841. The largest absolute Gasteiger partial charge is 0.504 e. The quantitative estimate of drug-likeness (QED) is 0.601. The third kappa shape index (κ3) is 5.27. The fourth-order valence-electron chi connectivity index (χ4n) is 1.88. The van der Waals surface area contributed by atoms with E-state index in [2.05, 4.69) is 5.32 Å². The van der Waals surface area contributed by atoms with E-state index in [9.17, 15) is 15.0 Å². The fourth-order valence-corrected chi connectivity index (χ4v) is 1.88. The van der Waals surface area contributed by atoms with Gasteiger partial charge in [0.25, 0.3) is 0 Å². The van der Waals surface area contributed by atoms with Gasteiger partial charge in [-0.05, 0) is 37.5 Å². The van der Waals surface area contributed by atoms with Gasteiger partial charge in [0, 0.05) is 6.54 Å². The van der Waals surface area contributed by atoms with Crippen molar-refractivity contribution in [3.63, 3.8) is 0 Å². The van der Waals surface area contributed by atoms with Gasteiger partial charge in [-0.25, -0.2) is 0 Å². The summed E-state index contributed by atoms with van der Waals surface area (Å²) in [4.78, 5) is 11.8. The van der Waals surface area contributed by atoms with Crippen molar-refractivity contribution in [2.75, 3.05) is 6.54 Å². The van der Waals surface area contributed by atoms with E-state index in [4.69, 9.17) is 5.73 Å². The van der Waals surface area contributed by atoms with Gasteiger partial charge >= 0.3 is 0 Å². The highest BCUT2D eigenvalue weighted by molar-refractivity contribution is 5.85. The Bertz CT molecular complexity index is 450. The molecule has 0 aliphatic carbocycles. The number of phenolic OH excluding ortho intramolecular Hbond substituents is 2. The molecule has 0 spiro atoms. The second-order valence-corrected chi connectivity index (χ2v) is 5.00. The molecule has 1 rings (SSSR count). The second kappa shape index (κ2) is 7.97. The topological polar surface area (TPSA) is 95.6 Å². The van der Waals surface area contributed by atoms with Crippen molar-refractivity contribution >= 4 is 18.3 Å². The number of carbonyl (C=O) groups excluding carboxylic acids is 1. The molecule has 1 aromatic rings. The lowest BCUT2D eigenvalue weighted by Crippen LogP contribution is -2.51. The lowest BCUT2D eigenvalue weighted by atomic mass is 9.96. The van der Waals surface area contributed by atoms with Crippen LogP contribution in [0.25, 0.3) is 0 Å². The molecule has 5 N–H and O–H groups in total. The fraction of sp³-hybridized carbons (Fsp3) is 0.500. The Morgan fingerprint density at radius 3 is 2.55 bits per heavy atom. The monoisotopic (exact) mass is 302 g/mol. The van der Waals surface area contributed by atoms with Gasteiger partial charge in [0.1, 0.15) is 0 Å². The summed E-state index contributed by atoms with van der Waals surface area (Å²) in [6, 6.07) is 4.61. The Balaban J connectivity index is 0.00000361. The van der Waals surface area contributed by atoms with E-state index in [-0.39, 0.29) is 29.8 Å². The molecule has 0 heterocycles. The number of rotatable bonds is 6. The SMILES string of the molecule is CCCC(C)(N)C(=O)NCCc1ccc(O)c(O)c1.Cl. The summed E-state index contributed by atoms with van der Waals surface area (Å²) in [5, 5.41) is 21.3. The van der Waals surface area contributed by atoms with Crippen LogP contribution in [0.5, 0.6) is 11.5 Å². The van der Waals surface area contributed by atoms with Crippen LogP contribution in [-0.4, -0.2) is 28.2 Å². The van der Waals surface area contributed by atoms with Crippen LogP contribution < -0.4 is 11.1 Å². The Morgan fingerprint density at radius 1 is 1.35 bits per heavy atom. The van der Waals surface area contributed by atoms with Crippen LogP contribution in [-0.2, 0) is 11.2 Å². The smallest absolute Gasteiger partial charge is 0.239 e. The molecule has 5 nitrogen and oxygen atoms in total. The Morgan fingerprint density at radius 2 is 2.00 bits per heavy atom. The van der Waals surface area contributed by atoms with Gasteiger partial charge in [-0.3, -0.25) is 4.79 Å². The molecule has 1 unspecified atom stereocenters. The number of hydrogen-bond donors (Lipinski definition) is 4. The molecule has 1 amide bonds. The number of nitrogens with two attached hydrogens (primary N) is 1. The first kappa shape index (κ1) is 18.5. The molecule has 0 aromatic heterocycles. The summed E-state index contributed by atoms with van der Waals surface area (Å²) in [6.45, 7) is 4.15. The van der Waals surface area contributed by atoms with Gasteiger partial charge in [-0.15, -0.1) is 12.4 Å². The number of halogens is 1. The van der Waals surface area contributed by atoms with Gasteiger partial charge < -0.3 is 21.3 Å². The highest BCUT2D eigenvalue weighted by Crippen LogP contribution is 2.24. The molecule has 1 atom stereocenters. The van der Waals surface area contributed by atoms with Crippen LogP contribution in [0, 0.1) is 0 Å². The Labute approximate surface area is 125 Å². The van der Waals surface area contributed by atoms with Crippen LogP contribution in [0.2, 0.25) is 0 Å². The molecule has 0 aliphatic rings. The third-order valence-electron chi connectivity index (χ3n) is 3.03. The van der Waals surface area contributed by atoms with Crippen molar-refractivity contribution < 1.29 is 15.0 Å². The number of hydrogen-bond acceptors (Lipinski definition) is 4. The van der Waals surface area contributed by atoms with E-state index in [1.165, 1.54) is 12.1 Å². The summed E-state index contributed by atoms with van der Waals surface area (Å²) >= 11 is 0. The van der Waals surface area contributed by atoms with Gasteiger partial charge in [0.05, 0.1) is 5.54 Å². The first-order valence-corrected chi connectivity index (χ1v) is 6.45. The van der Waals surface area contributed by atoms with E-state index in [0.717, 1.165) is 12.0 Å². The maximum atomic E-state index is 11.8. The van der Waals surface area contributed by atoms with Crippen LogP contribution in [0.3, 0.4) is 0 Å². The predicted octanol–water partition coefficient (Wildman–Crippen LogP) is 1.70. The average molecular weight is 303 g/mol. The molecule has 1 aromatic carbocycles. The normalized spacial score (nSPS) is 13.2. The lowest BCUT2D eigenvalue weighted by molar-refractivity contribution is -0.126. The Kier molecular flexibility index (Phi) is 7.39. The highest BCUT2D eigenvalue weighted by atomic mass is 35.5. The van der Waals surface area contributed by atoms with Gasteiger partial charge in [0.15, 0.2) is 11.5 Å². The standard InChI is InChI=1S/C14H22N2O3.ClH/c1-3-7-14(2,15)13(19)16-8-6-10-4-5-11(17)12(18)9-10;/h4-5,9,17-18H,3,6-8,15H2,1-2H3,(H,16,19);1H. The minimum absolute atomic E-state index is 0. The van der Waals surface area contributed by atoms with Crippen molar-refractivity contribution in [2.24, 2.45) is 5.73 Å². The molecule has 114 valence electrons. The number of nitrogens with one attached hydrogen (secondary N) is 1. The molecular weight excluding hydrogens is 280 g/mol. The summed E-state index contributed by atoms with van der Waals surface area (Å²) in [5.41, 5.74) is 5.91. The molecule has 0 radical (unpaired) electrons. The average Bonchev–Trinajstić information content (AvgIpc) is 2.33. The highest BCUT2D eigenvalue weighted by Gasteiger charge is 2.26. The van der Waals surface area contributed by atoms with Crippen molar-refractivity contribution in [3.05, 3.63) is 23.8 Å². The van der Waals surface area contributed by atoms with E-state index in [1.54, 1.807) is 13.0 Å². The summed E-state index contributed by atoms with van der Waals surface area (Å²) in [6.07, 6.45) is 2.06. The number of aromatic hydroxyl groups is 2. The summed E-state index contributed by atoms with van der Waals surface area (Å²) < 4.78 is 0. The maximum Gasteiger partial charge on any atom is 0.239 e. The zero-order valence-corrected chi connectivity index (χ0v) is 12.7. The van der Waals surface area contributed by atoms with E-state index >= 15 is 0 Å². The third-order valence-corrected chi connectivity index (χ3v) is 3.03. The zero-order chi connectivity index (χ0) is 14.5. The van der Waals surface area contributed by atoms with Crippen molar-refractivity contribution in [3.8, 4) is 11.5 Å². The van der Waals surface area contributed by atoms with Gasteiger partial charge in [-0.1, -0.05) is 19.4 Å². The summed E-state index contributed by atoms with van der Waals surface area (Å²) in [5.74, 6) is -0.471. The molecular formula is C14H23ClN2O3. The minimum Gasteiger partial charge on any atom is -0.504 e. The number of carbonyl (C=O) groups is 1. The second-order valence-electron chi connectivity index (χ2n) is 5.00. The van der Waals surface area contributed by atoms with E-state index < -0.39 is 5.54 Å². The molecule has 0 aliphatic heterocycles. The summed E-state index contributed by atoms with van der Waals surface area (Å²) in [7, 11) is 0. The first-order chi connectivity index (χ1) is 8.86. The molecule has 20 heavy (non-hydrogen) atoms. The van der Waals surface area contributed by atoms with E-state index in [1.807, 2.05) is 6.92 Å². The first-order valence-electron chi connectivity index (χ1n) is 6.45. The van der Waals surface area contributed by atoms with E-state index in [0.29, 0.717) is 19.4 Å². The maximum absolute atomic E-state index is 11.8. The molecule has 0 saturated carbocycles. The van der Waals surface area contributed by atoms with Crippen molar-refractivity contribution in [1.29, 1.82) is 0 Å². The lowest BCUT2D eigenvalue weighted by Gasteiger charge is -2.22. The van der Waals surface area contributed by atoms with Gasteiger partial charge in [0.2, 0.25) is 5.91 Å². The number of benzene rings is 1. The van der Waals surface area contributed by atoms with Gasteiger partial charge in [-0.2, -0.15) is 0 Å². The van der Waals surface area contributed by atoms with Crippen LogP contribution >= 0.6 is 12.4 Å². The molecule has 6 heteroatoms. The predicted molar refractivity (Wildman–Crippen MR) is 81.2 cm³/mol. The number of phenols is 2. The van der Waals surface area contributed by atoms with Crippen molar-refractivity contribution in [2.45, 2.75) is 38.6 Å². The molecule has 0 bridgehead atoms. The molecule has 0 fully saturated rings. The molecule has 0 saturated heterocycles. The Hall–Kier alpha value is -1.46. The van der Waals surface area contributed by atoms with Crippen LogP contribution in [0.15, 0.2) is 18.2 Å². The van der Waals surface area contributed by atoms with Crippen LogP contribution in [0.4, 0.5) is 0 Å².